The summed E-state index contributed by atoms with van der Waals surface area (Å²) in [5, 5.41) is 28.8. The first-order valence-electron chi connectivity index (χ1n) is 11.1. The predicted octanol–water partition coefficient (Wildman–Crippen LogP) is 2.74. The summed E-state index contributed by atoms with van der Waals surface area (Å²) in [6.07, 6.45) is -0.899. The maximum absolute atomic E-state index is 11.1. The Morgan fingerprint density at radius 2 is 1.88 bits per heavy atom. The lowest BCUT2D eigenvalue weighted by molar-refractivity contribution is -0.124. The van der Waals surface area contributed by atoms with Crippen LogP contribution in [-0.4, -0.2) is 58.2 Å². The van der Waals surface area contributed by atoms with Gasteiger partial charge in [-0.3, -0.25) is 4.79 Å². The number of hydrogen-bond acceptors (Lipinski definition) is 9. The standard InChI is InChI=1S/C24H32N4O5S/c1-13(2)25-10-20-14(3)8-19(34-20)24-27-23(28-33-24)17-6-15(4)22(16(5)7-17)32-12-18(30)9-26-21(31)11-29/h6-8,13,18,25,29-30H,9-12H2,1-5H3,(H,26,31)/t18-/m0/s1. The van der Waals surface area contributed by atoms with Crippen LogP contribution in [0.15, 0.2) is 22.7 Å². The van der Waals surface area contributed by atoms with Crippen molar-refractivity contribution in [3.05, 3.63) is 39.8 Å². The third-order valence-corrected chi connectivity index (χ3v) is 6.37. The first-order chi connectivity index (χ1) is 16.2. The maximum Gasteiger partial charge on any atom is 0.268 e. The second-order valence-electron chi connectivity index (χ2n) is 8.54. The molecule has 3 rings (SSSR count). The van der Waals surface area contributed by atoms with Crippen molar-refractivity contribution in [2.75, 3.05) is 19.8 Å². The van der Waals surface area contributed by atoms with Crippen LogP contribution in [-0.2, 0) is 11.3 Å². The average molecular weight is 489 g/mol. The van der Waals surface area contributed by atoms with Gasteiger partial charge in [0.15, 0.2) is 0 Å². The number of aliphatic hydroxyl groups excluding tert-OH is 2. The van der Waals surface area contributed by atoms with Crippen molar-refractivity contribution in [2.24, 2.45) is 0 Å². The number of hydrogen-bond donors (Lipinski definition) is 4. The molecule has 1 amide bonds. The SMILES string of the molecule is Cc1cc(-c2nc(-c3cc(C)c(OC[C@@H](O)CNC(=O)CO)c(C)c3)no2)sc1CNC(C)C. The normalized spacial score (nSPS) is 12.2. The van der Waals surface area contributed by atoms with Gasteiger partial charge in [-0.1, -0.05) is 19.0 Å². The summed E-state index contributed by atoms with van der Waals surface area (Å²) >= 11 is 1.65. The Balaban J connectivity index is 1.70. The molecule has 1 aromatic carbocycles. The summed E-state index contributed by atoms with van der Waals surface area (Å²) in [6.45, 7) is 10.3. The molecule has 0 bridgehead atoms. The monoisotopic (exact) mass is 488 g/mol. The molecule has 2 heterocycles. The van der Waals surface area contributed by atoms with Crippen molar-refractivity contribution in [1.82, 2.24) is 20.8 Å². The van der Waals surface area contributed by atoms with Gasteiger partial charge in [0.2, 0.25) is 11.7 Å². The molecule has 0 aliphatic carbocycles. The van der Waals surface area contributed by atoms with Gasteiger partial charge >= 0.3 is 0 Å². The van der Waals surface area contributed by atoms with E-state index in [2.05, 4.69) is 47.6 Å². The van der Waals surface area contributed by atoms with Crippen molar-refractivity contribution in [3.8, 4) is 27.9 Å². The highest BCUT2D eigenvalue weighted by Gasteiger charge is 2.17. The number of amides is 1. The quantitative estimate of drug-likeness (QED) is 0.324. The molecule has 4 N–H and O–H groups in total. The Morgan fingerprint density at radius 3 is 2.53 bits per heavy atom. The number of nitrogens with one attached hydrogen (secondary N) is 2. The minimum Gasteiger partial charge on any atom is -0.490 e. The summed E-state index contributed by atoms with van der Waals surface area (Å²) in [4.78, 5) is 17.9. The van der Waals surface area contributed by atoms with Crippen molar-refractivity contribution in [3.63, 3.8) is 0 Å². The second kappa shape index (κ2) is 11.6. The van der Waals surface area contributed by atoms with Gasteiger partial charge in [0.1, 0.15) is 25.1 Å². The summed E-state index contributed by atoms with van der Waals surface area (Å²) in [5.74, 6) is 1.09. The van der Waals surface area contributed by atoms with Crippen LogP contribution in [0.2, 0.25) is 0 Å². The summed E-state index contributed by atoms with van der Waals surface area (Å²) in [6, 6.07) is 6.30. The second-order valence-corrected chi connectivity index (χ2v) is 9.68. The number of rotatable bonds is 11. The van der Waals surface area contributed by atoms with E-state index in [1.165, 1.54) is 10.4 Å². The van der Waals surface area contributed by atoms with E-state index in [9.17, 15) is 9.90 Å². The van der Waals surface area contributed by atoms with Crippen LogP contribution in [0, 0.1) is 20.8 Å². The van der Waals surface area contributed by atoms with E-state index in [-0.39, 0.29) is 13.2 Å². The van der Waals surface area contributed by atoms with E-state index < -0.39 is 18.6 Å². The smallest absolute Gasteiger partial charge is 0.268 e. The lowest BCUT2D eigenvalue weighted by Crippen LogP contribution is -2.36. The van der Waals surface area contributed by atoms with Crippen molar-refractivity contribution in [2.45, 2.75) is 53.3 Å². The number of benzene rings is 1. The number of aromatic nitrogens is 2. The highest BCUT2D eigenvalue weighted by atomic mass is 32.1. The molecule has 1 atom stereocenters. The van der Waals surface area contributed by atoms with Crippen molar-refractivity contribution < 1.29 is 24.3 Å². The van der Waals surface area contributed by atoms with Crippen molar-refractivity contribution in [1.29, 1.82) is 0 Å². The van der Waals surface area contributed by atoms with E-state index in [0.29, 0.717) is 23.5 Å². The molecule has 0 saturated heterocycles. The zero-order valence-electron chi connectivity index (χ0n) is 20.1. The largest absolute Gasteiger partial charge is 0.490 e. The van der Waals surface area contributed by atoms with Crippen LogP contribution in [0.25, 0.3) is 22.2 Å². The van der Waals surface area contributed by atoms with Crippen LogP contribution < -0.4 is 15.4 Å². The minimum absolute atomic E-state index is 0.00134. The molecule has 2 aromatic heterocycles. The Morgan fingerprint density at radius 1 is 1.18 bits per heavy atom. The zero-order chi connectivity index (χ0) is 24.8. The van der Waals surface area contributed by atoms with Crippen LogP contribution >= 0.6 is 11.3 Å². The highest BCUT2D eigenvalue weighted by Crippen LogP contribution is 2.33. The molecule has 0 fully saturated rings. The fraction of sp³-hybridized carbons (Fsp3) is 0.458. The molecule has 34 heavy (non-hydrogen) atoms. The highest BCUT2D eigenvalue weighted by molar-refractivity contribution is 7.15. The molecular formula is C24H32N4O5S. The third-order valence-electron chi connectivity index (χ3n) is 5.15. The molecular weight excluding hydrogens is 456 g/mol. The lowest BCUT2D eigenvalue weighted by atomic mass is 10.1. The zero-order valence-corrected chi connectivity index (χ0v) is 21.0. The fourth-order valence-corrected chi connectivity index (χ4v) is 4.42. The number of aliphatic hydroxyl groups is 2. The Labute approximate surface area is 203 Å². The van der Waals surface area contributed by atoms with Gasteiger partial charge in [-0.25, -0.2) is 0 Å². The first kappa shape index (κ1) is 25.8. The Kier molecular flexibility index (Phi) is 8.78. The lowest BCUT2D eigenvalue weighted by Gasteiger charge is -2.16. The van der Waals surface area contributed by atoms with Gasteiger partial charge in [0.25, 0.3) is 5.89 Å². The molecule has 0 radical (unpaired) electrons. The summed E-state index contributed by atoms with van der Waals surface area (Å²) in [7, 11) is 0. The number of thiophene rings is 1. The molecule has 0 spiro atoms. The Bertz CT molecular complexity index is 1100. The molecule has 10 heteroatoms. The van der Waals surface area contributed by atoms with E-state index in [1.807, 2.05) is 26.0 Å². The molecule has 0 aliphatic rings. The maximum atomic E-state index is 11.1. The van der Waals surface area contributed by atoms with Gasteiger partial charge in [-0.15, -0.1) is 11.3 Å². The number of carbonyl (C=O) groups is 1. The first-order valence-corrected chi connectivity index (χ1v) is 12.0. The van der Waals surface area contributed by atoms with Crippen LogP contribution in [0.1, 0.15) is 35.4 Å². The molecule has 0 unspecified atom stereocenters. The van der Waals surface area contributed by atoms with Gasteiger partial charge < -0.3 is 30.1 Å². The van der Waals surface area contributed by atoms with E-state index in [4.69, 9.17) is 14.4 Å². The van der Waals surface area contributed by atoms with Crippen LogP contribution in [0.3, 0.4) is 0 Å². The van der Waals surface area contributed by atoms with E-state index in [1.54, 1.807) is 11.3 Å². The predicted molar refractivity (Wildman–Crippen MR) is 131 cm³/mol. The van der Waals surface area contributed by atoms with E-state index in [0.717, 1.165) is 28.1 Å². The van der Waals surface area contributed by atoms with Crippen molar-refractivity contribution >= 4 is 17.2 Å². The average Bonchev–Trinajstić information content (AvgIpc) is 3.42. The van der Waals surface area contributed by atoms with Gasteiger partial charge in [-0.2, -0.15) is 4.98 Å². The minimum atomic E-state index is -0.899. The van der Waals surface area contributed by atoms with Crippen LogP contribution in [0.5, 0.6) is 5.75 Å². The number of nitrogens with zero attached hydrogens (tertiary/aromatic N) is 2. The Hall–Kier alpha value is -2.79. The van der Waals surface area contributed by atoms with Gasteiger partial charge in [0.05, 0.1) is 4.88 Å². The van der Waals surface area contributed by atoms with E-state index >= 15 is 0 Å². The fourth-order valence-electron chi connectivity index (χ4n) is 3.37. The molecule has 0 aliphatic heterocycles. The van der Waals surface area contributed by atoms with Gasteiger partial charge in [-0.05, 0) is 55.7 Å². The summed E-state index contributed by atoms with van der Waals surface area (Å²) < 4.78 is 11.3. The topological polar surface area (TPSA) is 130 Å². The molecule has 3 aromatic rings. The number of ether oxygens (including phenoxy) is 1. The molecule has 0 saturated carbocycles. The number of carbonyl (C=O) groups excluding carboxylic acids is 1. The van der Waals surface area contributed by atoms with Crippen LogP contribution in [0.4, 0.5) is 0 Å². The summed E-state index contributed by atoms with van der Waals surface area (Å²) in [5.41, 5.74) is 3.73. The molecule has 9 nitrogen and oxygen atoms in total. The number of aryl methyl sites for hydroxylation is 3. The third kappa shape index (κ3) is 6.63. The van der Waals surface area contributed by atoms with Gasteiger partial charge in [0, 0.05) is 29.6 Å². The molecule has 184 valence electrons.